The topological polar surface area (TPSA) is 116 Å². The molecule has 0 aliphatic carbocycles. The van der Waals surface area contributed by atoms with Crippen LogP contribution < -0.4 is 5.32 Å². The molecule has 11 heteroatoms. The van der Waals surface area contributed by atoms with Gasteiger partial charge in [-0.2, -0.15) is 10.2 Å². The van der Waals surface area contributed by atoms with Crippen molar-refractivity contribution in [2.45, 2.75) is 58.7 Å². The van der Waals surface area contributed by atoms with Crippen molar-refractivity contribution < 1.29 is 9.53 Å². The van der Waals surface area contributed by atoms with E-state index in [4.69, 9.17) is 14.8 Å². The fourth-order valence-corrected chi connectivity index (χ4v) is 5.26. The lowest BCUT2D eigenvalue weighted by molar-refractivity contribution is 0.0185. The van der Waals surface area contributed by atoms with Gasteiger partial charge in [0.15, 0.2) is 0 Å². The largest absolute Gasteiger partial charge is 0.444 e. The van der Waals surface area contributed by atoms with Gasteiger partial charge in [-0.25, -0.2) is 14.8 Å². The lowest BCUT2D eigenvalue weighted by atomic mass is 10.1. The Morgan fingerprint density at radius 3 is 2.48 bits per heavy atom. The molecular weight excluding hydrogens is 554 g/mol. The first kappa shape index (κ1) is 29.0. The highest BCUT2D eigenvalue weighted by molar-refractivity contribution is 5.78. The molecular formula is C33H37N9O2. The third-order valence-corrected chi connectivity index (χ3v) is 7.52. The zero-order chi connectivity index (χ0) is 30.7. The fourth-order valence-electron chi connectivity index (χ4n) is 5.26. The van der Waals surface area contributed by atoms with E-state index in [2.05, 4.69) is 45.6 Å². The molecule has 0 radical (unpaired) electrons. The molecule has 1 aromatic carbocycles. The summed E-state index contributed by atoms with van der Waals surface area (Å²) in [5, 5.41) is 12.7. The van der Waals surface area contributed by atoms with Gasteiger partial charge in [0.1, 0.15) is 11.3 Å². The highest BCUT2D eigenvalue weighted by Gasteiger charge is 2.28. The fraction of sp³-hybridized carbons (Fsp3) is 0.333. The Morgan fingerprint density at radius 1 is 0.977 bits per heavy atom. The quantitative estimate of drug-likeness (QED) is 0.225. The summed E-state index contributed by atoms with van der Waals surface area (Å²) in [6, 6.07) is 14.2. The zero-order valence-electron chi connectivity index (χ0n) is 25.5. The van der Waals surface area contributed by atoms with E-state index >= 15 is 0 Å². The smallest absolute Gasteiger partial charge is 0.410 e. The van der Waals surface area contributed by atoms with Gasteiger partial charge >= 0.3 is 6.09 Å². The van der Waals surface area contributed by atoms with E-state index in [0.29, 0.717) is 19.0 Å². The number of piperidine rings is 1. The second-order valence-corrected chi connectivity index (χ2v) is 11.9. The Labute approximate surface area is 256 Å². The Hall–Kier alpha value is -5.06. The molecule has 0 atom stereocenters. The van der Waals surface area contributed by atoms with Crippen LogP contribution in [0.4, 0.5) is 16.4 Å². The lowest BCUT2D eigenvalue weighted by Crippen LogP contribution is -2.42. The monoisotopic (exact) mass is 591 g/mol. The minimum Gasteiger partial charge on any atom is -0.444 e. The normalized spacial score (nSPS) is 14.0. The van der Waals surface area contributed by atoms with Crippen molar-refractivity contribution >= 4 is 17.7 Å². The van der Waals surface area contributed by atoms with Crippen LogP contribution in [0.5, 0.6) is 0 Å². The van der Waals surface area contributed by atoms with E-state index in [1.807, 2.05) is 79.1 Å². The molecule has 0 bridgehead atoms. The lowest BCUT2D eigenvalue weighted by Gasteiger charge is -2.33. The molecule has 11 nitrogen and oxygen atoms in total. The number of benzene rings is 1. The average Bonchev–Trinajstić information content (AvgIpc) is 3.70. The van der Waals surface area contributed by atoms with E-state index in [-0.39, 0.29) is 12.1 Å². The Kier molecular flexibility index (Phi) is 8.10. The maximum absolute atomic E-state index is 12.4. The van der Waals surface area contributed by atoms with Crippen molar-refractivity contribution in [2.75, 3.05) is 18.4 Å². The summed E-state index contributed by atoms with van der Waals surface area (Å²) in [7, 11) is 0. The van der Waals surface area contributed by atoms with Crippen molar-refractivity contribution in [1.29, 1.82) is 0 Å². The number of nitrogens with zero attached hydrogens (tertiary/aromatic N) is 8. The number of carbonyl (C=O) groups is 1. The summed E-state index contributed by atoms with van der Waals surface area (Å²) >= 11 is 0. The number of rotatable bonds is 7. The van der Waals surface area contributed by atoms with Gasteiger partial charge in [-0.1, -0.05) is 12.1 Å². The van der Waals surface area contributed by atoms with Gasteiger partial charge < -0.3 is 15.0 Å². The summed E-state index contributed by atoms with van der Waals surface area (Å²) in [6.45, 7) is 9.79. The van der Waals surface area contributed by atoms with Crippen molar-refractivity contribution in [1.82, 2.24) is 39.4 Å². The molecule has 1 N–H and O–H groups in total. The standard InChI is InChI=1S/C33H37N9O2/c1-5-41-22-28(30(39-41)24-7-6-15-34-19-24)29-12-16-35-31(38-29)37-26-10-8-23(9-11-26)25-20-36-42(21-25)27-13-17-40(18-14-27)32(43)44-33(2,3)4/h6-12,15-16,19-22,27H,5,13-14,17-18H2,1-4H3,(H,35,37,38). The number of ether oxygens (including phenoxy) is 1. The molecule has 1 aliphatic rings. The van der Waals surface area contributed by atoms with Crippen LogP contribution >= 0.6 is 0 Å². The predicted octanol–water partition coefficient (Wildman–Crippen LogP) is 6.60. The van der Waals surface area contributed by atoms with Crippen LogP contribution in [0.3, 0.4) is 0 Å². The first-order valence-electron chi connectivity index (χ1n) is 15.0. The highest BCUT2D eigenvalue weighted by atomic mass is 16.6. The molecule has 1 aliphatic heterocycles. The van der Waals surface area contributed by atoms with Gasteiger partial charge in [-0.3, -0.25) is 14.3 Å². The summed E-state index contributed by atoms with van der Waals surface area (Å²) in [5.41, 5.74) is 5.98. The van der Waals surface area contributed by atoms with Crippen molar-refractivity contribution in [3.63, 3.8) is 0 Å². The van der Waals surface area contributed by atoms with Gasteiger partial charge in [-0.05, 0) is 76.4 Å². The first-order valence-corrected chi connectivity index (χ1v) is 15.0. The van der Waals surface area contributed by atoms with Gasteiger partial charge in [0.05, 0.1) is 17.9 Å². The van der Waals surface area contributed by atoms with Gasteiger partial charge in [0.2, 0.25) is 5.95 Å². The third kappa shape index (κ3) is 6.61. The Morgan fingerprint density at radius 2 is 1.77 bits per heavy atom. The molecule has 4 aromatic heterocycles. The summed E-state index contributed by atoms with van der Waals surface area (Å²) in [5.74, 6) is 0.502. The number of likely N-dealkylation sites (tertiary alicyclic amines) is 1. The van der Waals surface area contributed by atoms with E-state index in [0.717, 1.165) is 58.7 Å². The molecule has 0 unspecified atom stereocenters. The second kappa shape index (κ2) is 12.3. The molecule has 0 saturated carbocycles. The summed E-state index contributed by atoms with van der Waals surface area (Å²) in [6.07, 6.45) is 12.7. The minimum atomic E-state index is -0.489. The summed E-state index contributed by atoms with van der Waals surface area (Å²) < 4.78 is 9.45. The molecule has 0 spiro atoms. The van der Waals surface area contributed by atoms with Crippen LogP contribution in [0.25, 0.3) is 33.6 Å². The Bertz CT molecular complexity index is 1710. The van der Waals surface area contributed by atoms with Crippen LogP contribution in [0.1, 0.15) is 46.6 Å². The molecule has 44 heavy (non-hydrogen) atoms. The highest BCUT2D eigenvalue weighted by Crippen LogP contribution is 2.31. The van der Waals surface area contributed by atoms with E-state index in [1.165, 1.54) is 0 Å². The van der Waals surface area contributed by atoms with Crippen LogP contribution in [-0.4, -0.2) is 64.2 Å². The number of anilines is 2. The molecule has 1 amide bonds. The van der Waals surface area contributed by atoms with Crippen molar-refractivity contribution in [3.05, 3.63) is 79.6 Å². The third-order valence-electron chi connectivity index (χ3n) is 7.52. The zero-order valence-corrected chi connectivity index (χ0v) is 25.5. The van der Waals surface area contributed by atoms with Crippen molar-refractivity contribution in [2.24, 2.45) is 0 Å². The number of aryl methyl sites for hydroxylation is 1. The maximum Gasteiger partial charge on any atom is 0.410 e. The number of hydrogen-bond acceptors (Lipinski definition) is 8. The maximum atomic E-state index is 12.4. The molecule has 5 aromatic rings. The van der Waals surface area contributed by atoms with Crippen LogP contribution in [-0.2, 0) is 11.3 Å². The number of carbonyl (C=O) groups excluding carboxylic acids is 1. The van der Waals surface area contributed by atoms with Crippen LogP contribution in [0, 0.1) is 0 Å². The van der Waals surface area contributed by atoms with E-state index in [9.17, 15) is 4.79 Å². The SMILES string of the molecule is CCn1cc(-c2ccnc(Nc3ccc(-c4cnn(C5CCN(C(=O)OC(C)(C)C)CC5)c4)cc3)n2)c(-c2cccnc2)n1. The predicted molar refractivity (Wildman–Crippen MR) is 169 cm³/mol. The van der Waals surface area contributed by atoms with E-state index in [1.54, 1.807) is 17.3 Å². The second-order valence-electron chi connectivity index (χ2n) is 11.9. The minimum absolute atomic E-state index is 0.245. The van der Waals surface area contributed by atoms with Crippen molar-refractivity contribution in [3.8, 4) is 33.6 Å². The number of aromatic nitrogens is 7. The van der Waals surface area contributed by atoms with Crippen LogP contribution in [0.15, 0.2) is 79.6 Å². The molecule has 6 rings (SSSR count). The van der Waals surface area contributed by atoms with Gasteiger partial charge in [0.25, 0.3) is 0 Å². The molecule has 5 heterocycles. The van der Waals surface area contributed by atoms with Crippen LogP contribution in [0.2, 0.25) is 0 Å². The number of hydrogen-bond donors (Lipinski definition) is 1. The summed E-state index contributed by atoms with van der Waals surface area (Å²) in [4.78, 5) is 27.7. The number of nitrogens with one attached hydrogen (secondary N) is 1. The number of pyridine rings is 1. The molecule has 1 fully saturated rings. The van der Waals surface area contributed by atoms with Gasteiger partial charge in [-0.15, -0.1) is 0 Å². The number of amides is 1. The first-order chi connectivity index (χ1) is 21.3. The van der Waals surface area contributed by atoms with Gasteiger partial charge in [0, 0.05) is 73.0 Å². The Balaban J connectivity index is 1.11. The van der Waals surface area contributed by atoms with E-state index < -0.39 is 5.60 Å². The average molecular weight is 592 g/mol. The molecule has 226 valence electrons. The molecule has 1 saturated heterocycles.